The molecule has 0 unspecified atom stereocenters. The highest BCUT2D eigenvalue weighted by Gasteiger charge is 2.39. The van der Waals surface area contributed by atoms with Gasteiger partial charge >= 0.3 is 0 Å². The van der Waals surface area contributed by atoms with Crippen LogP contribution in [0.25, 0.3) is 0 Å². The highest BCUT2D eigenvalue weighted by Crippen LogP contribution is 2.35. The van der Waals surface area contributed by atoms with Gasteiger partial charge in [-0.05, 0) is 49.4 Å². The van der Waals surface area contributed by atoms with Crippen molar-refractivity contribution in [2.75, 3.05) is 6.54 Å². The Bertz CT molecular complexity index is 768. The molecular weight excluding hydrogens is 306 g/mol. The monoisotopic (exact) mass is 327 g/mol. The number of carbonyl (C=O) groups is 1. The molecule has 2 aliphatic rings. The Morgan fingerprint density at radius 3 is 2.79 bits per heavy atom. The predicted octanol–water partition coefficient (Wildman–Crippen LogP) is 2.66. The third-order valence-corrected chi connectivity index (χ3v) is 5.00. The summed E-state index contributed by atoms with van der Waals surface area (Å²) >= 11 is 0. The van der Waals surface area contributed by atoms with Crippen molar-refractivity contribution in [1.82, 2.24) is 15.0 Å². The number of fused-ring (bicyclic) bond motifs is 1. The van der Waals surface area contributed by atoms with Crippen molar-refractivity contribution in [3.05, 3.63) is 40.5 Å². The molecule has 0 aliphatic carbocycles. The van der Waals surface area contributed by atoms with Crippen LogP contribution in [0.3, 0.4) is 0 Å². The van der Waals surface area contributed by atoms with Gasteiger partial charge in [0.05, 0.1) is 6.04 Å². The maximum absolute atomic E-state index is 13.0. The van der Waals surface area contributed by atoms with Crippen molar-refractivity contribution in [2.45, 2.75) is 52.2 Å². The van der Waals surface area contributed by atoms with E-state index in [9.17, 15) is 4.79 Å². The van der Waals surface area contributed by atoms with Crippen LogP contribution >= 0.6 is 0 Å². The Balaban J connectivity index is 1.54. The van der Waals surface area contributed by atoms with Crippen molar-refractivity contribution in [3.8, 4) is 5.75 Å². The minimum atomic E-state index is -0.449. The molecule has 3 heterocycles. The summed E-state index contributed by atoms with van der Waals surface area (Å²) in [6.45, 7) is 6.62. The third kappa shape index (κ3) is 2.46. The first-order valence-corrected chi connectivity index (χ1v) is 8.40. The van der Waals surface area contributed by atoms with Crippen LogP contribution in [0.15, 0.2) is 16.7 Å². The summed E-state index contributed by atoms with van der Waals surface area (Å²) in [7, 11) is 0. The smallest absolute Gasteiger partial charge is 0.264 e. The summed E-state index contributed by atoms with van der Waals surface area (Å²) in [5, 5.41) is 4.00. The van der Waals surface area contributed by atoms with E-state index in [2.05, 4.69) is 30.1 Å². The average molecular weight is 327 g/mol. The lowest BCUT2D eigenvalue weighted by Crippen LogP contribution is -2.41. The van der Waals surface area contributed by atoms with Crippen LogP contribution < -0.4 is 4.74 Å². The second-order valence-corrected chi connectivity index (χ2v) is 6.72. The molecule has 0 saturated carbocycles. The molecule has 1 aromatic carbocycles. The first kappa shape index (κ1) is 15.2. The number of hydrogen-bond acceptors (Lipinski definition) is 5. The number of benzene rings is 1. The van der Waals surface area contributed by atoms with Crippen LogP contribution in [-0.4, -0.2) is 33.6 Å². The quantitative estimate of drug-likeness (QED) is 0.848. The van der Waals surface area contributed by atoms with Gasteiger partial charge in [0, 0.05) is 19.9 Å². The SMILES string of the molecule is Cc1nc([C@H]2CCCN2C(=O)[C@@H]2Cc3cc(C)c(C)cc3O2)no1. The molecule has 24 heavy (non-hydrogen) atoms. The summed E-state index contributed by atoms with van der Waals surface area (Å²) < 4.78 is 11.0. The normalized spacial score (nSPS) is 22.5. The van der Waals surface area contributed by atoms with Crippen molar-refractivity contribution >= 4 is 5.91 Å². The number of rotatable bonds is 2. The fourth-order valence-electron chi connectivity index (χ4n) is 3.59. The molecule has 1 fully saturated rings. The number of aryl methyl sites for hydroxylation is 3. The van der Waals surface area contributed by atoms with Gasteiger partial charge in [0.1, 0.15) is 5.75 Å². The van der Waals surface area contributed by atoms with Crippen molar-refractivity contribution < 1.29 is 14.1 Å². The second kappa shape index (κ2) is 5.61. The molecule has 2 aliphatic heterocycles. The lowest BCUT2D eigenvalue weighted by atomic mass is 10.0. The zero-order valence-corrected chi connectivity index (χ0v) is 14.2. The molecule has 0 bridgehead atoms. The van der Waals surface area contributed by atoms with Gasteiger partial charge in [0.15, 0.2) is 11.9 Å². The number of ether oxygens (including phenoxy) is 1. The molecule has 2 aromatic rings. The number of amides is 1. The lowest BCUT2D eigenvalue weighted by Gasteiger charge is -2.25. The summed E-state index contributed by atoms with van der Waals surface area (Å²) in [4.78, 5) is 19.1. The molecule has 2 atom stereocenters. The lowest BCUT2D eigenvalue weighted by molar-refractivity contribution is -0.139. The molecule has 0 spiro atoms. The van der Waals surface area contributed by atoms with Crippen LogP contribution in [0.4, 0.5) is 0 Å². The largest absolute Gasteiger partial charge is 0.480 e. The Hall–Kier alpha value is -2.37. The zero-order valence-electron chi connectivity index (χ0n) is 14.2. The molecule has 6 nitrogen and oxygen atoms in total. The summed E-state index contributed by atoms with van der Waals surface area (Å²) in [6.07, 6.45) is 1.99. The first-order valence-electron chi connectivity index (χ1n) is 8.40. The molecule has 1 saturated heterocycles. The van der Waals surface area contributed by atoms with Crippen molar-refractivity contribution in [2.24, 2.45) is 0 Å². The highest BCUT2D eigenvalue weighted by molar-refractivity contribution is 5.83. The third-order valence-electron chi connectivity index (χ3n) is 5.00. The average Bonchev–Trinajstić information content (AvgIpc) is 3.25. The van der Waals surface area contributed by atoms with Gasteiger partial charge in [-0.3, -0.25) is 4.79 Å². The van der Waals surface area contributed by atoms with Gasteiger partial charge in [-0.1, -0.05) is 11.2 Å². The van der Waals surface area contributed by atoms with Crippen molar-refractivity contribution in [1.29, 1.82) is 0 Å². The van der Waals surface area contributed by atoms with Crippen LogP contribution in [0.1, 0.15) is 47.3 Å². The summed E-state index contributed by atoms with van der Waals surface area (Å²) in [5.41, 5.74) is 3.53. The van der Waals surface area contributed by atoms with E-state index < -0.39 is 6.10 Å². The Morgan fingerprint density at radius 2 is 2.04 bits per heavy atom. The van der Waals surface area contributed by atoms with E-state index in [0.717, 1.165) is 24.2 Å². The van der Waals surface area contributed by atoms with E-state index in [-0.39, 0.29) is 11.9 Å². The maximum Gasteiger partial charge on any atom is 0.264 e. The van der Waals surface area contributed by atoms with Crippen LogP contribution in [-0.2, 0) is 11.2 Å². The Morgan fingerprint density at radius 1 is 1.25 bits per heavy atom. The molecule has 6 heteroatoms. The Kier molecular flexibility index (Phi) is 3.55. The van der Waals surface area contributed by atoms with E-state index >= 15 is 0 Å². The highest BCUT2D eigenvalue weighted by atomic mass is 16.5. The second-order valence-electron chi connectivity index (χ2n) is 6.72. The Labute approximate surface area is 140 Å². The summed E-state index contributed by atoms with van der Waals surface area (Å²) in [5.74, 6) is 1.98. The number of carbonyl (C=O) groups excluding carboxylic acids is 1. The van der Waals surface area contributed by atoms with E-state index in [1.807, 2.05) is 11.0 Å². The standard InChI is InChI=1S/C18H21N3O3/c1-10-7-13-9-16(23-15(13)8-11(10)2)18(22)21-6-4-5-14(21)17-19-12(3)24-20-17/h7-8,14,16H,4-6,9H2,1-3H3/t14-,16+/m1/s1. The number of hydrogen-bond donors (Lipinski definition) is 0. The molecule has 0 N–H and O–H groups in total. The topological polar surface area (TPSA) is 68.5 Å². The molecule has 0 radical (unpaired) electrons. The first-order chi connectivity index (χ1) is 11.5. The van der Waals surface area contributed by atoms with Crippen LogP contribution in [0, 0.1) is 20.8 Å². The van der Waals surface area contributed by atoms with E-state index in [1.54, 1.807) is 6.92 Å². The van der Waals surface area contributed by atoms with E-state index in [0.29, 0.717) is 24.7 Å². The molecular formula is C18H21N3O3. The van der Waals surface area contributed by atoms with Crippen LogP contribution in [0.5, 0.6) is 5.75 Å². The summed E-state index contributed by atoms with van der Waals surface area (Å²) in [6, 6.07) is 4.05. The van der Waals surface area contributed by atoms with Crippen LogP contribution in [0.2, 0.25) is 0 Å². The van der Waals surface area contributed by atoms with E-state index in [4.69, 9.17) is 9.26 Å². The predicted molar refractivity (Wildman–Crippen MR) is 86.8 cm³/mol. The minimum absolute atomic E-state index is 0.0199. The van der Waals surface area contributed by atoms with Gasteiger partial charge in [-0.2, -0.15) is 4.98 Å². The van der Waals surface area contributed by atoms with Gasteiger partial charge in [0.25, 0.3) is 5.91 Å². The number of nitrogens with zero attached hydrogens (tertiary/aromatic N) is 3. The molecule has 1 amide bonds. The van der Waals surface area contributed by atoms with Crippen molar-refractivity contribution in [3.63, 3.8) is 0 Å². The zero-order chi connectivity index (χ0) is 16.8. The molecule has 126 valence electrons. The maximum atomic E-state index is 13.0. The number of aromatic nitrogens is 2. The molecule has 1 aromatic heterocycles. The van der Waals surface area contributed by atoms with Gasteiger partial charge in [0.2, 0.25) is 5.89 Å². The van der Waals surface area contributed by atoms with Gasteiger partial charge in [-0.15, -0.1) is 0 Å². The fraction of sp³-hybridized carbons (Fsp3) is 0.500. The fourth-order valence-corrected chi connectivity index (χ4v) is 3.59. The van der Waals surface area contributed by atoms with Gasteiger partial charge < -0.3 is 14.2 Å². The van der Waals surface area contributed by atoms with E-state index in [1.165, 1.54) is 11.1 Å². The number of likely N-dealkylation sites (tertiary alicyclic amines) is 1. The minimum Gasteiger partial charge on any atom is -0.480 e. The molecule has 4 rings (SSSR count). The van der Waals surface area contributed by atoms with Gasteiger partial charge in [-0.25, -0.2) is 0 Å².